The Balaban J connectivity index is 3.02. The Hall–Kier alpha value is -1.02. The highest BCUT2D eigenvalue weighted by Gasteiger charge is 2.06. The molecule has 0 saturated carbocycles. The second-order valence-corrected chi connectivity index (χ2v) is 3.21. The van der Waals surface area contributed by atoms with Gasteiger partial charge in [-0.05, 0) is 11.6 Å². The van der Waals surface area contributed by atoms with E-state index in [1.165, 1.54) is 0 Å². The molecule has 0 saturated heterocycles. The molecule has 1 aromatic carbocycles. The van der Waals surface area contributed by atoms with Crippen LogP contribution in [0.25, 0.3) is 0 Å². The van der Waals surface area contributed by atoms with E-state index < -0.39 is 0 Å². The van der Waals surface area contributed by atoms with Crippen LogP contribution >= 0.6 is 11.6 Å². The van der Waals surface area contributed by atoms with Crippen LogP contribution in [0.3, 0.4) is 0 Å². The summed E-state index contributed by atoms with van der Waals surface area (Å²) in [6, 6.07) is 5.12. The lowest BCUT2D eigenvalue weighted by Gasteiger charge is -2.06. The van der Waals surface area contributed by atoms with Gasteiger partial charge in [-0.25, -0.2) is 0 Å². The second-order valence-electron chi connectivity index (χ2n) is 2.95. The van der Waals surface area contributed by atoms with E-state index in [1.807, 2.05) is 0 Å². The molecule has 0 amide bonds. The van der Waals surface area contributed by atoms with E-state index in [-0.39, 0.29) is 17.5 Å². The molecule has 70 valence electrons. The zero-order chi connectivity index (χ0) is 9.84. The van der Waals surface area contributed by atoms with Gasteiger partial charge >= 0.3 is 0 Å². The summed E-state index contributed by atoms with van der Waals surface area (Å²) >= 11 is 5.57. The highest BCUT2D eigenvalue weighted by molar-refractivity contribution is 6.17. The number of alkyl halides is 1. The maximum Gasteiger partial charge on any atom is 0.127 e. The molecule has 13 heavy (non-hydrogen) atoms. The molecule has 0 bridgehead atoms. The second kappa shape index (κ2) is 4.28. The van der Waals surface area contributed by atoms with Gasteiger partial charge < -0.3 is 9.90 Å². The quantitative estimate of drug-likeness (QED) is 0.598. The van der Waals surface area contributed by atoms with Gasteiger partial charge in [0.05, 0.1) is 5.88 Å². The van der Waals surface area contributed by atoms with E-state index in [2.05, 4.69) is 0 Å². The van der Waals surface area contributed by atoms with Gasteiger partial charge in [0.1, 0.15) is 12.0 Å². The van der Waals surface area contributed by atoms with Gasteiger partial charge in [0.2, 0.25) is 0 Å². The van der Waals surface area contributed by atoms with Crippen molar-refractivity contribution in [3.8, 4) is 5.75 Å². The number of phenolic OH excluding ortho intramolecular Hbond substituents is 1. The van der Waals surface area contributed by atoms with Crippen LogP contribution in [0.2, 0.25) is 0 Å². The number of hydrogen-bond donors (Lipinski definition) is 1. The lowest BCUT2D eigenvalue weighted by atomic mass is 10.0. The topological polar surface area (TPSA) is 37.3 Å². The van der Waals surface area contributed by atoms with Crippen molar-refractivity contribution in [1.82, 2.24) is 0 Å². The summed E-state index contributed by atoms with van der Waals surface area (Å²) in [4.78, 5) is 10.5. The smallest absolute Gasteiger partial charge is 0.127 e. The maximum atomic E-state index is 10.5. The van der Waals surface area contributed by atoms with Gasteiger partial charge in [-0.3, -0.25) is 0 Å². The third-order valence-corrected chi connectivity index (χ3v) is 2.27. The van der Waals surface area contributed by atoms with Crippen LogP contribution in [0, 0.1) is 0 Å². The molecule has 0 aliphatic carbocycles. The van der Waals surface area contributed by atoms with E-state index in [0.717, 1.165) is 11.8 Å². The van der Waals surface area contributed by atoms with Crippen LogP contribution in [0.4, 0.5) is 0 Å². The van der Waals surface area contributed by atoms with E-state index >= 15 is 0 Å². The molecule has 2 nitrogen and oxygen atoms in total. The van der Waals surface area contributed by atoms with Crippen LogP contribution in [0.1, 0.15) is 24.0 Å². The minimum atomic E-state index is -0.185. The third kappa shape index (κ3) is 2.22. The largest absolute Gasteiger partial charge is 0.508 e. The molecule has 1 N–H and O–H groups in total. The zero-order valence-electron chi connectivity index (χ0n) is 7.33. The average Bonchev–Trinajstić information content (AvgIpc) is 2.16. The monoisotopic (exact) mass is 198 g/mol. The molecular weight excluding hydrogens is 188 g/mol. The summed E-state index contributed by atoms with van der Waals surface area (Å²) in [6.07, 6.45) is 0.842. The molecule has 0 radical (unpaired) electrons. The molecule has 0 heterocycles. The number of hydrogen-bond acceptors (Lipinski definition) is 2. The zero-order valence-corrected chi connectivity index (χ0v) is 8.08. The number of rotatable bonds is 3. The number of halogens is 1. The standard InChI is InChI=1S/C10H11ClO2/c1-7(6-12)8-2-3-9(5-11)10(13)4-8/h2-4,6-7,13H,5H2,1H3. The van der Waals surface area contributed by atoms with Crippen molar-refractivity contribution in [3.05, 3.63) is 29.3 Å². The first-order valence-electron chi connectivity index (χ1n) is 4.02. The van der Waals surface area contributed by atoms with Gasteiger partial charge in [0.15, 0.2) is 0 Å². The fourth-order valence-electron chi connectivity index (χ4n) is 1.06. The predicted octanol–water partition coefficient (Wildman–Crippen LogP) is 2.43. The molecule has 1 rings (SSSR count). The van der Waals surface area contributed by atoms with E-state index in [9.17, 15) is 9.90 Å². The predicted molar refractivity (Wildman–Crippen MR) is 52.1 cm³/mol. The van der Waals surface area contributed by atoms with E-state index in [4.69, 9.17) is 11.6 Å². The van der Waals surface area contributed by atoms with Crippen molar-refractivity contribution in [2.45, 2.75) is 18.7 Å². The minimum absolute atomic E-state index is 0.154. The summed E-state index contributed by atoms with van der Waals surface area (Å²) in [5.74, 6) is 0.248. The Morgan fingerprint density at radius 2 is 2.31 bits per heavy atom. The molecule has 1 unspecified atom stereocenters. The molecule has 0 aromatic heterocycles. The van der Waals surface area contributed by atoms with Crippen LogP contribution in [-0.4, -0.2) is 11.4 Å². The molecule has 3 heteroatoms. The molecule has 0 fully saturated rings. The van der Waals surface area contributed by atoms with Gasteiger partial charge in [0.25, 0.3) is 0 Å². The summed E-state index contributed by atoms with van der Waals surface area (Å²) in [7, 11) is 0. The van der Waals surface area contributed by atoms with Crippen LogP contribution in [0.5, 0.6) is 5.75 Å². The highest BCUT2D eigenvalue weighted by atomic mass is 35.5. The summed E-state index contributed by atoms with van der Waals surface area (Å²) in [5, 5.41) is 9.44. The van der Waals surface area contributed by atoms with E-state index in [1.54, 1.807) is 25.1 Å². The summed E-state index contributed by atoms with van der Waals surface area (Å²) in [5.41, 5.74) is 1.49. The number of aldehydes is 1. The Bertz CT molecular complexity index is 310. The van der Waals surface area contributed by atoms with E-state index in [0.29, 0.717) is 5.56 Å². The van der Waals surface area contributed by atoms with Crippen molar-refractivity contribution in [1.29, 1.82) is 0 Å². The summed E-state index contributed by atoms with van der Waals surface area (Å²) in [6.45, 7) is 1.78. The number of phenols is 1. The molecule has 0 spiro atoms. The van der Waals surface area contributed by atoms with Crippen LogP contribution in [-0.2, 0) is 10.7 Å². The number of carbonyl (C=O) groups excluding carboxylic acids is 1. The van der Waals surface area contributed by atoms with Crippen molar-refractivity contribution < 1.29 is 9.90 Å². The lowest BCUT2D eigenvalue weighted by molar-refractivity contribution is -0.108. The average molecular weight is 199 g/mol. The Labute approximate surface area is 82.2 Å². The molecule has 1 aromatic rings. The fourth-order valence-corrected chi connectivity index (χ4v) is 1.28. The third-order valence-electron chi connectivity index (χ3n) is 1.98. The van der Waals surface area contributed by atoms with Crippen LogP contribution < -0.4 is 0 Å². The summed E-state index contributed by atoms with van der Waals surface area (Å²) < 4.78 is 0. The maximum absolute atomic E-state index is 10.5. The fraction of sp³-hybridized carbons (Fsp3) is 0.300. The SMILES string of the molecule is CC(C=O)c1ccc(CCl)c(O)c1. The Morgan fingerprint density at radius 3 is 2.77 bits per heavy atom. The first-order chi connectivity index (χ1) is 6.19. The lowest BCUT2D eigenvalue weighted by Crippen LogP contribution is -1.94. The molecule has 0 aliphatic heterocycles. The van der Waals surface area contributed by atoms with Crippen molar-refractivity contribution in [2.75, 3.05) is 0 Å². The number of carbonyl (C=O) groups is 1. The first-order valence-corrected chi connectivity index (χ1v) is 4.55. The number of benzene rings is 1. The highest BCUT2D eigenvalue weighted by Crippen LogP contribution is 2.24. The minimum Gasteiger partial charge on any atom is -0.508 e. The van der Waals surface area contributed by atoms with Gasteiger partial charge in [-0.1, -0.05) is 19.1 Å². The molecule has 1 atom stereocenters. The van der Waals surface area contributed by atoms with Crippen LogP contribution in [0.15, 0.2) is 18.2 Å². The molecular formula is C10H11ClO2. The first kappa shape index (κ1) is 10.1. The van der Waals surface area contributed by atoms with Crippen molar-refractivity contribution in [3.63, 3.8) is 0 Å². The normalized spacial score (nSPS) is 12.5. The molecule has 0 aliphatic rings. The van der Waals surface area contributed by atoms with Gasteiger partial charge in [-0.2, -0.15) is 0 Å². The Kier molecular flexibility index (Phi) is 3.32. The Morgan fingerprint density at radius 1 is 1.62 bits per heavy atom. The van der Waals surface area contributed by atoms with Crippen molar-refractivity contribution >= 4 is 17.9 Å². The van der Waals surface area contributed by atoms with Gasteiger partial charge in [0, 0.05) is 11.5 Å². The number of aromatic hydroxyl groups is 1. The van der Waals surface area contributed by atoms with Crippen molar-refractivity contribution in [2.24, 2.45) is 0 Å². The van der Waals surface area contributed by atoms with Gasteiger partial charge in [-0.15, -0.1) is 11.6 Å².